The molecule has 0 saturated carbocycles. The molecule has 0 spiro atoms. The maximum atomic E-state index is 13.7. The van der Waals surface area contributed by atoms with Gasteiger partial charge in [-0.2, -0.15) is 0 Å². The molecule has 2 aromatic carbocycles. The van der Waals surface area contributed by atoms with Gasteiger partial charge in [-0.15, -0.1) is 23.1 Å². The maximum absolute atomic E-state index is 13.7. The molecule has 0 saturated heterocycles. The van der Waals surface area contributed by atoms with Crippen molar-refractivity contribution in [2.45, 2.75) is 11.4 Å². The van der Waals surface area contributed by atoms with Gasteiger partial charge in [-0.1, -0.05) is 12.1 Å². The molecule has 3 rings (SSSR count). The molecular weight excluding hydrogens is 310 g/mol. The highest BCUT2D eigenvalue weighted by Gasteiger charge is 2.12. The molecule has 0 bridgehead atoms. The molecule has 108 valence electrons. The Balaban J connectivity index is 1.84. The van der Waals surface area contributed by atoms with E-state index in [1.807, 2.05) is 30.5 Å². The van der Waals surface area contributed by atoms with Crippen LogP contribution in [-0.4, -0.2) is 11.2 Å². The van der Waals surface area contributed by atoms with Crippen molar-refractivity contribution in [3.8, 4) is 0 Å². The van der Waals surface area contributed by atoms with E-state index in [1.54, 1.807) is 11.8 Å². The van der Waals surface area contributed by atoms with Gasteiger partial charge in [0.25, 0.3) is 0 Å². The van der Waals surface area contributed by atoms with E-state index < -0.39 is 11.6 Å². The van der Waals surface area contributed by atoms with E-state index in [2.05, 4.69) is 10.3 Å². The number of hydrogen-bond acceptors (Lipinski definition) is 4. The van der Waals surface area contributed by atoms with Gasteiger partial charge >= 0.3 is 0 Å². The molecule has 6 heteroatoms. The van der Waals surface area contributed by atoms with Crippen LogP contribution in [0.2, 0.25) is 0 Å². The molecular formula is C15H12F2N2S2. The molecule has 0 radical (unpaired) electrons. The van der Waals surface area contributed by atoms with Gasteiger partial charge in [-0.05, 0) is 30.5 Å². The molecule has 1 N–H and O–H groups in total. The fourth-order valence-corrected chi connectivity index (χ4v) is 3.52. The van der Waals surface area contributed by atoms with Crippen molar-refractivity contribution >= 4 is 39.0 Å². The number of benzene rings is 2. The van der Waals surface area contributed by atoms with Gasteiger partial charge in [-0.3, -0.25) is 0 Å². The molecule has 21 heavy (non-hydrogen) atoms. The first-order valence-corrected chi connectivity index (χ1v) is 8.33. The minimum Gasteiger partial charge on any atom is -0.378 e. The predicted octanol–water partition coefficient (Wildman–Crippen LogP) is 4.91. The third kappa shape index (κ3) is 2.87. The fraction of sp³-hybridized carbons (Fsp3) is 0.133. The third-order valence-corrected chi connectivity index (χ3v) is 4.89. The standard InChI is InChI=1S/C15H12F2N2S2/c1-20-12-5-3-2-4-10(12)18-8-13-19-11-7-6-9(16)14(17)15(11)21-13/h2-7,18H,8H2,1H3. The molecule has 0 atom stereocenters. The summed E-state index contributed by atoms with van der Waals surface area (Å²) < 4.78 is 27.1. The lowest BCUT2D eigenvalue weighted by Crippen LogP contribution is -1.99. The second-order valence-electron chi connectivity index (χ2n) is 4.37. The number of rotatable bonds is 4. The zero-order chi connectivity index (χ0) is 14.8. The number of fused-ring (bicyclic) bond motifs is 1. The van der Waals surface area contributed by atoms with Crippen LogP contribution in [0.4, 0.5) is 14.5 Å². The number of nitrogens with zero attached hydrogens (tertiary/aromatic N) is 1. The highest BCUT2D eigenvalue weighted by atomic mass is 32.2. The van der Waals surface area contributed by atoms with Crippen molar-refractivity contribution in [3.05, 3.63) is 53.0 Å². The van der Waals surface area contributed by atoms with E-state index in [9.17, 15) is 8.78 Å². The van der Waals surface area contributed by atoms with Crippen molar-refractivity contribution < 1.29 is 8.78 Å². The Labute approximate surface area is 129 Å². The van der Waals surface area contributed by atoms with Crippen LogP contribution in [-0.2, 0) is 6.54 Å². The summed E-state index contributed by atoms with van der Waals surface area (Å²) in [5.41, 5.74) is 1.50. The molecule has 0 aliphatic carbocycles. The molecule has 0 unspecified atom stereocenters. The molecule has 0 aliphatic heterocycles. The van der Waals surface area contributed by atoms with Crippen LogP contribution < -0.4 is 5.32 Å². The van der Waals surface area contributed by atoms with Crippen LogP contribution >= 0.6 is 23.1 Å². The van der Waals surface area contributed by atoms with E-state index in [4.69, 9.17) is 0 Å². The molecule has 1 heterocycles. The number of nitrogens with one attached hydrogen (secondary N) is 1. The van der Waals surface area contributed by atoms with E-state index >= 15 is 0 Å². The van der Waals surface area contributed by atoms with Gasteiger partial charge < -0.3 is 5.32 Å². The third-order valence-electron chi connectivity index (χ3n) is 3.03. The summed E-state index contributed by atoms with van der Waals surface area (Å²) >= 11 is 2.83. The summed E-state index contributed by atoms with van der Waals surface area (Å²) in [4.78, 5) is 5.46. The smallest absolute Gasteiger partial charge is 0.178 e. The zero-order valence-corrected chi connectivity index (χ0v) is 12.8. The molecule has 0 fully saturated rings. The van der Waals surface area contributed by atoms with E-state index in [0.717, 1.165) is 21.7 Å². The molecule has 1 aromatic heterocycles. The zero-order valence-electron chi connectivity index (χ0n) is 11.2. The lowest BCUT2D eigenvalue weighted by atomic mass is 10.3. The highest BCUT2D eigenvalue weighted by Crippen LogP contribution is 2.28. The Kier molecular flexibility index (Phi) is 4.07. The van der Waals surface area contributed by atoms with Crippen LogP contribution in [0.1, 0.15) is 5.01 Å². The highest BCUT2D eigenvalue weighted by molar-refractivity contribution is 7.98. The summed E-state index contributed by atoms with van der Waals surface area (Å²) in [6, 6.07) is 10.6. The van der Waals surface area contributed by atoms with E-state index in [1.165, 1.54) is 17.4 Å². The summed E-state index contributed by atoms with van der Waals surface area (Å²) in [6.45, 7) is 0.484. The molecule has 0 amide bonds. The summed E-state index contributed by atoms with van der Waals surface area (Å²) in [5.74, 6) is -1.65. The van der Waals surface area contributed by atoms with Crippen LogP contribution in [0.15, 0.2) is 41.3 Å². The van der Waals surface area contributed by atoms with Crippen LogP contribution in [0.25, 0.3) is 10.2 Å². The summed E-state index contributed by atoms with van der Waals surface area (Å²) in [6.07, 6.45) is 2.01. The summed E-state index contributed by atoms with van der Waals surface area (Å²) in [7, 11) is 0. The maximum Gasteiger partial charge on any atom is 0.178 e. The number of anilines is 1. The average Bonchev–Trinajstić information content (AvgIpc) is 2.93. The normalized spacial score (nSPS) is 11.0. The lowest BCUT2D eigenvalue weighted by Gasteiger charge is -2.08. The largest absolute Gasteiger partial charge is 0.378 e. The average molecular weight is 322 g/mol. The van der Waals surface area contributed by atoms with E-state index in [0.29, 0.717) is 12.1 Å². The van der Waals surface area contributed by atoms with Gasteiger partial charge in [0.15, 0.2) is 11.6 Å². The Morgan fingerprint density at radius 1 is 1.19 bits per heavy atom. The molecule has 2 nitrogen and oxygen atoms in total. The first-order valence-electron chi connectivity index (χ1n) is 6.29. The van der Waals surface area contributed by atoms with Gasteiger partial charge in [0.1, 0.15) is 5.01 Å². The van der Waals surface area contributed by atoms with Gasteiger partial charge in [-0.25, -0.2) is 13.8 Å². The van der Waals surface area contributed by atoms with Crippen molar-refractivity contribution in [2.75, 3.05) is 11.6 Å². The number of thiazole rings is 1. The fourth-order valence-electron chi connectivity index (χ4n) is 2.02. The first kappa shape index (κ1) is 14.3. The topological polar surface area (TPSA) is 24.9 Å². The SMILES string of the molecule is CSc1ccccc1NCc1nc2ccc(F)c(F)c2s1. The predicted molar refractivity (Wildman–Crippen MR) is 85.1 cm³/mol. The first-order chi connectivity index (χ1) is 10.2. The van der Waals surface area contributed by atoms with Crippen LogP contribution in [0, 0.1) is 11.6 Å². The van der Waals surface area contributed by atoms with Crippen LogP contribution in [0.5, 0.6) is 0 Å². The number of hydrogen-bond donors (Lipinski definition) is 1. The second kappa shape index (κ2) is 5.99. The van der Waals surface area contributed by atoms with Crippen molar-refractivity contribution in [2.24, 2.45) is 0 Å². The Morgan fingerprint density at radius 2 is 2.00 bits per heavy atom. The Bertz CT molecular complexity index is 786. The number of halogens is 2. The number of aromatic nitrogens is 1. The van der Waals surface area contributed by atoms with Crippen molar-refractivity contribution in [3.63, 3.8) is 0 Å². The van der Waals surface area contributed by atoms with Gasteiger partial charge in [0.2, 0.25) is 0 Å². The second-order valence-corrected chi connectivity index (χ2v) is 6.30. The minimum atomic E-state index is -0.835. The van der Waals surface area contributed by atoms with Gasteiger partial charge in [0, 0.05) is 10.6 Å². The molecule has 3 aromatic rings. The van der Waals surface area contributed by atoms with Crippen molar-refractivity contribution in [1.29, 1.82) is 0 Å². The monoisotopic (exact) mass is 322 g/mol. The number of para-hydroxylation sites is 1. The van der Waals surface area contributed by atoms with Gasteiger partial charge in [0.05, 0.1) is 16.8 Å². The van der Waals surface area contributed by atoms with Crippen LogP contribution in [0.3, 0.4) is 0 Å². The Hall–Kier alpha value is -1.66. The summed E-state index contributed by atoms with van der Waals surface area (Å²) in [5, 5.41) is 4.01. The lowest BCUT2D eigenvalue weighted by molar-refractivity contribution is 0.518. The Morgan fingerprint density at radius 3 is 2.81 bits per heavy atom. The number of thioether (sulfide) groups is 1. The van der Waals surface area contributed by atoms with Crippen molar-refractivity contribution in [1.82, 2.24) is 4.98 Å². The quantitative estimate of drug-likeness (QED) is 0.691. The van der Waals surface area contributed by atoms with E-state index in [-0.39, 0.29) is 4.70 Å². The molecule has 0 aliphatic rings. The minimum absolute atomic E-state index is 0.268.